The zero-order chi connectivity index (χ0) is 14.4. The van der Waals surface area contributed by atoms with Gasteiger partial charge in [0.2, 0.25) is 0 Å². The van der Waals surface area contributed by atoms with E-state index in [0.29, 0.717) is 13.2 Å². The minimum Gasteiger partial charge on any atom is -0.492 e. The van der Waals surface area contributed by atoms with Crippen molar-refractivity contribution in [3.63, 3.8) is 0 Å². The first-order valence-corrected chi connectivity index (χ1v) is 6.84. The van der Waals surface area contributed by atoms with Crippen molar-refractivity contribution in [2.75, 3.05) is 6.61 Å². The number of nitrogens with zero attached hydrogens (tertiary/aromatic N) is 1. The molecule has 1 heterocycles. The molecule has 1 atom stereocenters. The number of aromatic nitrogens is 1. The second-order valence-corrected chi connectivity index (χ2v) is 4.66. The van der Waals surface area contributed by atoms with Gasteiger partial charge in [-0.3, -0.25) is 4.79 Å². The summed E-state index contributed by atoms with van der Waals surface area (Å²) < 4.78 is 7.26. The SMILES string of the molecule is CC[C@@H](N)c1ccc(OCCn2ccccc2=O)cc1. The van der Waals surface area contributed by atoms with Crippen molar-refractivity contribution >= 4 is 0 Å². The Labute approximate surface area is 118 Å². The molecule has 1 aromatic heterocycles. The molecule has 0 saturated heterocycles. The molecule has 2 aromatic rings. The van der Waals surface area contributed by atoms with Gasteiger partial charge in [-0.15, -0.1) is 0 Å². The summed E-state index contributed by atoms with van der Waals surface area (Å²) in [6, 6.07) is 13.0. The number of benzene rings is 1. The van der Waals surface area contributed by atoms with E-state index in [1.54, 1.807) is 22.9 Å². The smallest absolute Gasteiger partial charge is 0.250 e. The van der Waals surface area contributed by atoms with E-state index >= 15 is 0 Å². The van der Waals surface area contributed by atoms with Crippen molar-refractivity contribution in [2.24, 2.45) is 5.73 Å². The maximum absolute atomic E-state index is 11.5. The number of pyridine rings is 1. The topological polar surface area (TPSA) is 57.2 Å². The average molecular weight is 272 g/mol. The Bertz CT molecular complexity index is 590. The second kappa shape index (κ2) is 6.91. The van der Waals surface area contributed by atoms with Crippen molar-refractivity contribution in [2.45, 2.75) is 25.9 Å². The standard InChI is InChI=1S/C16H20N2O2/c1-2-15(17)13-6-8-14(9-7-13)20-12-11-18-10-4-3-5-16(18)19/h3-10,15H,2,11-12,17H2,1H3/t15-/m1/s1. The average Bonchev–Trinajstić information content (AvgIpc) is 2.49. The van der Waals surface area contributed by atoms with Gasteiger partial charge in [-0.1, -0.05) is 25.1 Å². The summed E-state index contributed by atoms with van der Waals surface area (Å²) in [7, 11) is 0. The molecule has 0 saturated carbocycles. The van der Waals surface area contributed by atoms with Gasteiger partial charge in [-0.25, -0.2) is 0 Å². The van der Waals surface area contributed by atoms with Gasteiger partial charge in [0, 0.05) is 18.3 Å². The Balaban J connectivity index is 1.88. The fourth-order valence-corrected chi connectivity index (χ4v) is 1.95. The summed E-state index contributed by atoms with van der Waals surface area (Å²) in [5.41, 5.74) is 7.05. The van der Waals surface area contributed by atoms with Crippen LogP contribution in [0.25, 0.3) is 0 Å². The molecule has 4 nitrogen and oxygen atoms in total. The zero-order valence-corrected chi connectivity index (χ0v) is 11.7. The molecule has 2 N–H and O–H groups in total. The van der Waals surface area contributed by atoms with Gasteiger partial charge in [0.05, 0.1) is 6.54 Å². The summed E-state index contributed by atoms with van der Waals surface area (Å²) in [4.78, 5) is 11.5. The first-order valence-electron chi connectivity index (χ1n) is 6.84. The van der Waals surface area contributed by atoms with E-state index in [-0.39, 0.29) is 11.6 Å². The van der Waals surface area contributed by atoms with Crippen LogP contribution in [0.2, 0.25) is 0 Å². The number of nitrogens with two attached hydrogens (primary N) is 1. The molecule has 106 valence electrons. The highest BCUT2D eigenvalue weighted by Crippen LogP contribution is 2.18. The van der Waals surface area contributed by atoms with E-state index in [1.807, 2.05) is 30.3 Å². The van der Waals surface area contributed by atoms with Crippen LogP contribution in [0, 0.1) is 0 Å². The van der Waals surface area contributed by atoms with E-state index < -0.39 is 0 Å². The molecule has 0 unspecified atom stereocenters. The monoisotopic (exact) mass is 272 g/mol. The van der Waals surface area contributed by atoms with E-state index in [1.165, 1.54) is 0 Å². The molecular formula is C16H20N2O2. The largest absolute Gasteiger partial charge is 0.492 e. The Morgan fingerprint density at radius 1 is 1.20 bits per heavy atom. The van der Waals surface area contributed by atoms with E-state index in [2.05, 4.69) is 6.92 Å². The molecule has 1 aromatic carbocycles. The quantitative estimate of drug-likeness (QED) is 0.878. The lowest BCUT2D eigenvalue weighted by Crippen LogP contribution is -2.21. The fourth-order valence-electron chi connectivity index (χ4n) is 1.95. The number of hydrogen-bond acceptors (Lipinski definition) is 3. The summed E-state index contributed by atoms with van der Waals surface area (Å²) in [5.74, 6) is 0.793. The first-order chi connectivity index (χ1) is 9.70. The molecule has 2 rings (SSSR count). The summed E-state index contributed by atoms with van der Waals surface area (Å²) >= 11 is 0. The molecule has 0 spiro atoms. The Morgan fingerprint density at radius 3 is 2.60 bits per heavy atom. The van der Waals surface area contributed by atoms with Crippen LogP contribution in [0.1, 0.15) is 24.9 Å². The van der Waals surface area contributed by atoms with Crippen molar-refractivity contribution in [3.05, 3.63) is 64.6 Å². The lowest BCUT2D eigenvalue weighted by Gasteiger charge is -2.11. The maximum atomic E-state index is 11.5. The van der Waals surface area contributed by atoms with Crippen molar-refractivity contribution in [1.82, 2.24) is 4.57 Å². The van der Waals surface area contributed by atoms with Crippen LogP contribution in [0.5, 0.6) is 5.75 Å². The second-order valence-electron chi connectivity index (χ2n) is 4.66. The molecule has 4 heteroatoms. The maximum Gasteiger partial charge on any atom is 0.250 e. The van der Waals surface area contributed by atoms with Gasteiger partial charge in [0.1, 0.15) is 12.4 Å². The highest BCUT2D eigenvalue weighted by atomic mass is 16.5. The lowest BCUT2D eigenvalue weighted by molar-refractivity contribution is 0.296. The Morgan fingerprint density at radius 2 is 1.95 bits per heavy atom. The normalized spacial score (nSPS) is 12.1. The van der Waals surface area contributed by atoms with Crippen LogP contribution >= 0.6 is 0 Å². The molecule has 0 fully saturated rings. The summed E-state index contributed by atoms with van der Waals surface area (Å²) in [6.45, 7) is 3.06. The van der Waals surface area contributed by atoms with E-state index in [4.69, 9.17) is 10.5 Å². The van der Waals surface area contributed by atoms with Gasteiger partial charge < -0.3 is 15.0 Å². The first kappa shape index (κ1) is 14.3. The van der Waals surface area contributed by atoms with Crippen LogP contribution in [0.15, 0.2) is 53.5 Å². The number of ether oxygens (including phenoxy) is 1. The van der Waals surface area contributed by atoms with Crippen molar-refractivity contribution < 1.29 is 4.74 Å². The highest BCUT2D eigenvalue weighted by molar-refractivity contribution is 5.28. The van der Waals surface area contributed by atoms with Crippen LogP contribution in [-0.2, 0) is 6.54 Å². The lowest BCUT2D eigenvalue weighted by atomic mass is 10.1. The predicted molar refractivity (Wildman–Crippen MR) is 79.9 cm³/mol. The van der Waals surface area contributed by atoms with Gasteiger partial charge >= 0.3 is 0 Å². The van der Waals surface area contributed by atoms with Crippen LogP contribution in [0.4, 0.5) is 0 Å². The van der Waals surface area contributed by atoms with Crippen LogP contribution in [-0.4, -0.2) is 11.2 Å². The number of hydrogen-bond donors (Lipinski definition) is 1. The van der Waals surface area contributed by atoms with E-state index in [0.717, 1.165) is 17.7 Å². The van der Waals surface area contributed by atoms with Crippen LogP contribution in [0.3, 0.4) is 0 Å². The van der Waals surface area contributed by atoms with Gasteiger partial charge in [0.15, 0.2) is 0 Å². The molecular weight excluding hydrogens is 252 g/mol. The van der Waals surface area contributed by atoms with E-state index in [9.17, 15) is 4.79 Å². The van der Waals surface area contributed by atoms with Gasteiger partial charge in [0.25, 0.3) is 5.56 Å². The highest BCUT2D eigenvalue weighted by Gasteiger charge is 2.03. The molecule has 20 heavy (non-hydrogen) atoms. The zero-order valence-electron chi connectivity index (χ0n) is 11.7. The Kier molecular flexibility index (Phi) is 4.96. The van der Waals surface area contributed by atoms with Gasteiger partial charge in [-0.05, 0) is 30.2 Å². The third kappa shape index (κ3) is 3.71. The molecule has 0 aliphatic rings. The summed E-state index contributed by atoms with van der Waals surface area (Å²) in [5, 5.41) is 0. The molecule has 0 aliphatic heterocycles. The molecule has 0 radical (unpaired) electrons. The number of rotatable bonds is 6. The third-order valence-electron chi connectivity index (χ3n) is 3.25. The predicted octanol–water partition coefficient (Wildman–Crippen LogP) is 2.34. The minimum atomic E-state index is -0.0135. The third-order valence-corrected chi connectivity index (χ3v) is 3.25. The van der Waals surface area contributed by atoms with Crippen LogP contribution < -0.4 is 16.0 Å². The fraction of sp³-hybridized carbons (Fsp3) is 0.312. The Hall–Kier alpha value is -2.07. The summed E-state index contributed by atoms with van der Waals surface area (Å²) in [6.07, 6.45) is 2.67. The molecule has 0 bridgehead atoms. The van der Waals surface area contributed by atoms with Crippen molar-refractivity contribution in [1.29, 1.82) is 0 Å². The minimum absolute atomic E-state index is 0.0135. The van der Waals surface area contributed by atoms with Gasteiger partial charge in [-0.2, -0.15) is 0 Å². The molecule has 0 amide bonds. The molecule has 0 aliphatic carbocycles. The van der Waals surface area contributed by atoms with Crippen molar-refractivity contribution in [3.8, 4) is 5.75 Å².